The van der Waals surface area contributed by atoms with E-state index in [1.165, 1.54) is 6.42 Å². The maximum Gasteiger partial charge on any atom is 0.255 e. The lowest BCUT2D eigenvalue weighted by molar-refractivity contribution is -0.128. The van der Waals surface area contributed by atoms with Crippen molar-refractivity contribution in [1.29, 1.82) is 0 Å². The van der Waals surface area contributed by atoms with Gasteiger partial charge in [-0.25, -0.2) is 0 Å². The number of benzene rings is 2. The van der Waals surface area contributed by atoms with Crippen LogP contribution < -0.4 is 14.2 Å². The molecule has 2 aliphatic heterocycles. The van der Waals surface area contributed by atoms with Crippen LogP contribution >= 0.6 is 0 Å². The number of hydrogen-bond acceptors (Lipinski definition) is 4. The van der Waals surface area contributed by atoms with E-state index < -0.39 is 0 Å². The molecule has 1 fully saturated rings. The van der Waals surface area contributed by atoms with Gasteiger partial charge in [0.2, 0.25) is 0 Å². The zero-order valence-electron chi connectivity index (χ0n) is 17.2. The van der Waals surface area contributed by atoms with Crippen LogP contribution in [0.2, 0.25) is 0 Å². The summed E-state index contributed by atoms with van der Waals surface area (Å²) < 4.78 is 16.2. The van der Waals surface area contributed by atoms with E-state index in [4.69, 9.17) is 14.2 Å². The molecule has 0 spiro atoms. The predicted molar refractivity (Wildman–Crippen MR) is 113 cm³/mol. The lowest BCUT2D eigenvalue weighted by atomic mass is 9.82. The lowest BCUT2D eigenvalue weighted by Crippen LogP contribution is -2.47. The van der Waals surface area contributed by atoms with Crippen molar-refractivity contribution >= 4 is 17.1 Å². The molecule has 5 nitrogen and oxygen atoms in total. The third kappa shape index (κ3) is 3.57. The fourth-order valence-corrected chi connectivity index (χ4v) is 4.43. The van der Waals surface area contributed by atoms with Crippen molar-refractivity contribution < 1.29 is 19.0 Å². The molecule has 1 atom stereocenters. The summed E-state index contributed by atoms with van der Waals surface area (Å²) >= 11 is 0. The van der Waals surface area contributed by atoms with Gasteiger partial charge in [0.25, 0.3) is 5.91 Å². The van der Waals surface area contributed by atoms with Crippen molar-refractivity contribution in [1.82, 2.24) is 4.90 Å². The zero-order chi connectivity index (χ0) is 20.4. The third-order valence-corrected chi connectivity index (χ3v) is 5.95. The average molecular weight is 393 g/mol. The summed E-state index contributed by atoms with van der Waals surface area (Å²) in [4.78, 5) is 15.6. The summed E-state index contributed by atoms with van der Waals surface area (Å²) in [5.74, 6) is 2.26. The molecule has 2 aromatic rings. The van der Waals surface area contributed by atoms with Crippen molar-refractivity contribution in [2.75, 3.05) is 27.9 Å². The monoisotopic (exact) mass is 393 g/mol. The Hall–Kier alpha value is -2.95. The van der Waals surface area contributed by atoms with E-state index in [0.29, 0.717) is 11.5 Å². The SMILES string of the molecule is COc1ccc(C2=C(c3ccc(OC)c(OC)c3)C[C@H]3CCCCN3C2=O)cc1. The highest BCUT2D eigenvalue weighted by atomic mass is 16.5. The number of piperidine rings is 1. The van der Waals surface area contributed by atoms with Crippen LogP contribution in [0.5, 0.6) is 17.2 Å². The Kier molecular flexibility index (Phi) is 5.47. The molecule has 0 unspecified atom stereocenters. The smallest absolute Gasteiger partial charge is 0.255 e. The van der Waals surface area contributed by atoms with E-state index >= 15 is 0 Å². The van der Waals surface area contributed by atoms with Gasteiger partial charge in [0.1, 0.15) is 5.75 Å². The molecule has 5 heteroatoms. The highest BCUT2D eigenvalue weighted by molar-refractivity contribution is 6.28. The third-order valence-electron chi connectivity index (χ3n) is 5.95. The van der Waals surface area contributed by atoms with E-state index in [-0.39, 0.29) is 11.9 Å². The molecule has 4 rings (SSSR count). The Morgan fingerprint density at radius 1 is 0.862 bits per heavy atom. The molecular weight excluding hydrogens is 366 g/mol. The predicted octanol–water partition coefficient (Wildman–Crippen LogP) is 4.41. The van der Waals surface area contributed by atoms with Gasteiger partial charge in [-0.3, -0.25) is 4.79 Å². The molecule has 0 radical (unpaired) electrons. The van der Waals surface area contributed by atoms with Gasteiger partial charge < -0.3 is 19.1 Å². The van der Waals surface area contributed by atoms with Gasteiger partial charge >= 0.3 is 0 Å². The highest BCUT2D eigenvalue weighted by Gasteiger charge is 2.36. The van der Waals surface area contributed by atoms with Gasteiger partial charge in [-0.05, 0) is 66.6 Å². The summed E-state index contributed by atoms with van der Waals surface area (Å²) in [6.07, 6.45) is 4.15. The Morgan fingerprint density at radius 3 is 2.28 bits per heavy atom. The zero-order valence-corrected chi connectivity index (χ0v) is 17.2. The number of methoxy groups -OCH3 is 3. The van der Waals surface area contributed by atoms with E-state index in [2.05, 4.69) is 4.90 Å². The maximum atomic E-state index is 13.6. The summed E-state index contributed by atoms with van der Waals surface area (Å²) in [6, 6.07) is 13.9. The highest BCUT2D eigenvalue weighted by Crippen LogP contribution is 2.42. The Morgan fingerprint density at radius 2 is 1.59 bits per heavy atom. The molecule has 1 saturated heterocycles. The summed E-state index contributed by atoms with van der Waals surface area (Å²) in [6.45, 7) is 0.836. The minimum Gasteiger partial charge on any atom is -0.497 e. The van der Waals surface area contributed by atoms with Crippen molar-refractivity contribution in [3.63, 3.8) is 0 Å². The number of carbonyl (C=O) groups excluding carboxylic acids is 1. The quantitative estimate of drug-likeness (QED) is 0.755. The van der Waals surface area contributed by atoms with Gasteiger partial charge in [0.05, 0.1) is 26.9 Å². The van der Waals surface area contributed by atoms with Crippen molar-refractivity contribution in [3.05, 3.63) is 53.6 Å². The average Bonchev–Trinajstić information content (AvgIpc) is 2.78. The van der Waals surface area contributed by atoms with Gasteiger partial charge in [-0.1, -0.05) is 18.2 Å². The second-order valence-corrected chi connectivity index (χ2v) is 7.50. The second kappa shape index (κ2) is 8.19. The number of nitrogens with zero attached hydrogens (tertiary/aromatic N) is 1. The van der Waals surface area contributed by atoms with Crippen LogP contribution in [0, 0.1) is 0 Å². The first-order valence-electron chi connectivity index (χ1n) is 10.1. The fraction of sp³-hybridized carbons (Fsp3) is 0.375. The largest absolute Gasteiger partial charge is 0.497 e. The van der Waals surface area contributed by atoms with Crippen molar-refractivity contribution in [2.45, 2.75) is 31.7 Å². The van der Waals surface area contributed by atoms with Crippen LogP contribution in [0.4, 0.5) is 0 Å². The molecule has 2 aliphatic rings. The molecule has 152 valence electrons. The first-order valence-corrected chi connectivity index (χ1v) is 10.1. The van der Waals surface area contributed by atoms with Crippen molar-refractivity contribution in [3.8, 4) is 17.2 Å². The molecule has 0 aromatic heterocycles. The topological polar surface area (TPSA) is 48.0 Å². The second-order valence-electron chi connectivity index (χ2n) is 7.50. The Bertz CT molecular complexity index is 932. The van der Waals surface area contributed by atoms with Gasteiger partial charge in [-0.15, -0.1) is 0 Å². The van der Waals surface area contributed by atoms with Crippen LogP contribution in [0.15, 0.2) is 42.5 Å². The normalized spacial score (nSPS) is 19.1. The Labute approximate surface area is 171 Å². The number of fused-ring (bicyclic) bond motifs is 1. The molecule has 0 aliphatic carbocycles. The first kappa shape index (κ1) is 19.4. The molecule has 0 saturated carbocycles. The number of ether oxygens (including phenoxy) is 3. The number of hydrogen-bond donors (Lipinski definition) is 0. The molecule has 0 N–H and O–H groups in total. The number of carbonyl (C=O) groups is 1. The van der Waals surface area contributed by atoms with Crippen LogP contribution in [-0.2, 0) is 4.79 Å². The van der Waals surface area contributed by atoms with E-state index in [1.54, 1.807) is 21.3 Å². The minimum absolute atomic E-state index is 0.121. The first-order chi connectivity index (χ1) is 14.2. The summed E-state index contributed by atoms with van der Waals surface area (Å²) in [7, 11) is 4.91. The minimum atomic E-state index is 0.121. The van der Waals surface area contributed by atoms with Crippen LogP contribution in [0.3, 0.4) is 0 Å². The molecule has 0 bridgehead atoms. The number of rotatable bonds is 5. The number of amides is 1. The molecule has 1 amide bonds. The molecular formula is C24H27NO4. The summed E-state index contributed by atoms with van der Waals surface area (Å²) in [5, 5.41) is 0. The molecule has 2 heterocycles. The Balaban J connectivity index is 1.87. The fourth-order valence-electron chi connectivity index (χ4n) is 4.43. The van der Waals surface area contributed by atoms with E-state index in [0.717, 1.165) is 53.8 Å². The van der Waals surface area contributed by atoms with Crippen molar-refractivity contribution in [2.24, 2.45) is 0 Å². The van der Waals surface area contributed by atoms with Gasteiger partial charge in [0, 0.05) is 12.6 Å². The van der Waals surface area contributed by atoms with Crippen LogP contribution in [-0.4, -0.2) is 44.7 Å². The lowest BCUT2D eigenvalue weighted by Gasteiger charge is -2.41. The molecule has 29 heavy (non-hydrogen) atoms. The summed E-state index contributed by atoms with van der Waals surface area (Å²) in [5.41, 5.74) is 3.78. The van der Waals surface area contributed by atoms with Crippen LogP contribution in [0.1, 0.15) is 36.8 Å². The van der Waals surface area contributed by atoms with Crippen LogP contribution in [0.25, 0.3) is 11.1 Å². The molecule has 2 aromatic carbocycles. The standard InChI is InChI=1S/C24H27NO4/c1-27-19-10-7-16(8-11-19)23-20(15-18-6-4-5-13-25(18)24(23)26)17-9-12-21(28-2)22(14-17)29-3/h7-12,14,18H,4-6,13,15H2,1-3H3/t18-/m1/s1. The van der Waals surface area contributed by atoms with Gasteiger partial charge in [0.15, 0.2) is 11.5 Å². The van der Waals surface area contributed by atoms with Gasteiger partial charge in [-0.2, -0.15) is 0 Å². The van der Waals surface area contributed by atoms with E-state index in [9.17, 15) is 4.79 Å². The van der Waals surface area contributed by atoms with E-state index in [1.807, 2.05) is 42.5 Å². The maximum absolute atomic E-state index is 13.6.